The number of nitrogens with zero attached hydrogens (tertiary/aromatic N) is 2. The zero-order chi connectivity index (χ0) is 14.4. The number of hydrogen-bond donors (Lipinski definition) is 1. The van der Waals surface area contributed by atoms with E-state index in [1.54, 1.807) is 0 Å². The Morgan fingerprint density at radius 3 is 2.80 bits per heavy atom. The highest BCUT2D eigenvalue weighted by molar-refractivity contribution is 5.75. The maximum atomic E-state index is 4.78. The number of hydrogen-bond acceptors (Lipinski definition) is 2. The van der Waals surface area contributed by atoms with E-state index in [0.29, 0.717) is 0 Å². The van der Waals surface area contributed by atoms with Gasteiger partial charge in [0.05, 0.1) is 17.6 Å². The first-order valence-electron chi connectivity index (χ1n) is 7.87. The third-order valence-electron chi connectivity index (χ3n) is 3.65. The number of rotatable bonds is 8. The summed E-state index contributed by atoms with van der Waals surface area (Å²) in [6.45, 7) is 9.76. The zero-order valence-corrected chi connectivity index (χ0v) is 13.0. The van der Waals surface area contributed by atoms with Gasteiger partial charge in [0.2, 0.25) is 0 Å². The molecule has 20 heavy (non-hydrogen) atoms. The Kier molecular flexibility index (Phi) is 5.60. The topological polar surface area (TPSA) is 29.9 Å². The van der Waals surface area contributed by atoms with E-state index in [1.807, 2.05) is 0 Å². The van der Waals surface area contributed by atoms with Crippen LogP contribution in [0.15, 0.2) is 24.3 Å². The van der Waals surface area contributed by atoms with Crippen molar-refractivity contribution >= 4 is 11.0 Å². The second-order valence-electron chi connectivity index (χ2n) is 5.88. The van der Waals surface area contributed by atoms with Crippen molar-refractivity contribution in [1.82, 2.24) is 14.9 Å². The van der Waals surface area contributed by atoms with Crippen LogP contribution in [0.5, 0.6) is 0 Å². The molecule has 0 atom stereocenters. The van der Waals surface area contributed by atoms with Crippen molar-refractivity contribution < 1.29 is 0 Å². The molecule has 110 valence electrons. The van der Waals surface area contributed by atoms with Gasteiger partial charge in [-0.15, -0.1) is 0 Å². The number of benzene rings is 1. The van der Waals surface area contributed by atoms with Crippen molar-refractivity contribution in [2.45, 2.75) is 53.1 Å². The summed E-state index contributed by atoms with van der Waals surface area (Å²) in [4.78, 5) is 4.78. The monoisotopic (exact) mass is 273 g/mol. The molecule has 0 aliphatic carbocycles. The van der Waals surface area contributed by atoms with Crippen LogP contribution >= 0.6 is 0 Å². The maximum absolute atomic E-state index is 4.78. The third kappa shape index (κ3) is 3.83. The Morgan fingerprint density at radius 2 is 2.05 bits per heavy atom. The van der Waals surface area contributed by atoms with Gasteiger partial charge in [0, 0.05) is 6.54 Å². The molecule has 2 aromatic rings. The summed E-state index contributed by atoms with van der Waals surface area (Å²) in [5, 5.41) is 3.53. The Balaban J connectivity index is 2.09. The summed E-state index contributed by atoms with van der Waals surface area (Å²) in [5.41, 5.74) is 2.38. The average Bonchev–Trinajstić information content (AvgIpc) is 2.79. The largest absolute Gasteiger partial charge is 0.327 e. The van der Waals surface area contributed by atoms with Crippen LogP contribution in [0.2, 0.25) is 0 Å². The Morgan fingerprint density at radius 1 is 1.25 bits per heavy atom. The minimum Gasteiger partial charge on any atom is -0.327 e. The van der Waals surface area contributed by atoms with E-state index < -0.39 is 0 Å². The first-order chi connectivity index (χ1) is 9.72. The summed E-state index contributed by atoms with van der Waals surface area (Å²) >= 11 is 0. The molecular weight excluding hydrogens is 246 g/mol. The molecule has 1 aromatic heterocycles. The van der Waals surface area contributed by atoms with Crippen molar-refractivity contribution in [3.63, 3.8) is 0 Å². The standard InChI is InChI=1S/C17H27N3/c1-4-5-12-20-16-9-7-6-8-15(16)19-17(20)13-18-11-10-14(2)3/h6-9,14,18H,4-5,10-13H2,1-3H3. The summed E-state index contributed by atoms with van der Waals surface area (Å²) in [5.74, 6) is 1.92. The minimum atomic E-state index is 0.751. The highest BCUT2D eigenvalue weighted by Gasteiger charge is 2.09. The first-order valence-corrected chi connectivity index (χ1v) is 7.87. The Labute approximate surface area is 122 Å². The second-order valence-corrected chi connectivity index (χ2v) is 5.88. The average molecular weight is 273 g/mol. The number of unbranched alkanes of at least 4 members (excludes halogenated alkanes) is 1. The molecule has 0 saturated carbocycles. The summed E-state index contributed by atoms with van der Waals surface area (Å²) in [6.07, 6.45) is 3.64. The van der Waals surface area contributed by atoms with Gasteiger partial charge in [-0.1, -0.05) is 39.3 Å². The lowest BCUT2D eigenvalue weighted by molar-refractivity contribution is 0.519. The molecule has 0 aliphatic heterocycles. The highest BCUT2D eigenvalue weighted by Crippen LogP contribution is 2.17. The fourth-order valence-electron chi connectivity index (χ4n) is 2.42. The molecule has 0 amide bonds. The molecule has 0 saturated heterocycles. The van der Waals surface area contributed by atoms with E-state index in [9.17, 15) is 0 Å². The van der Waals surface area contributed by atoms with Crippen LogP contribution in [-0.2, 0) is 13.1 Å². The first kappa shape index (κ1) is 15.0. The molecule has 2 rings (SSSR count). The predicted molar refractivity (Wildman–Crippen MR) is 85.8 cm³/mol. The van der Waals surface area contributed by atoms with E-state index in [0.717, 1.165) is 31.1 Å². The lowest BCUT2D eigenvalue weighted by atomic mass is 10.1. The zero-order valence-electron chi connectivity index (χ0n) is 13.0. The van der Waals surface area contributed by atoms with Crippen LogP contribution in [-0.4, -0.2) is 16.1 Å². The lowest BCUT2D eigenvalue weighted by Crippen LogP contribution is -2.19. The van der Waals surface area contributed by atoms with Crippen LogP contribution in [0.1, 0.15) is 45.9 Å². The molecule has 0 bridgehead atoms. The predicted octanol–water partition coefficient (Wildman–Crippen LogP) is 3.97. The van der Waals surface area contributed by atoms with E-state index in [1.165, 1.54) is 30.6 Å². The summed E-state index contributed by atoms with van der Waals surface area (Å²) < 4.78 is 2.38. The van der Waals surface area contributed by atoms with Crippen molar-refractivity contribution in [1.29, 1.82) is 0 Å². The fourth-order valence-corrected chi connectivity index (χ4v) is 2.42. The van der Waals surface area contributed by atoms with Gasteiger partial charge in [-0.05, 0) is 37.4 Å². The van der Waals surface area contributed by atoms with Gasteiger partial charge in [0.15, 0.2) is 0 Å². The van der Waals surface area contributed by atoms with Crippen LogP contribution in [0, 0.1) is 5.92 Å². The number of fused-ring (bicyclic) bond motifs is 1. The molecule has 0 unspecified atom stereocenters. The number of para-hydroxylation sites is 2. The van der Waals surface area contributed by atoms with Crippen molar-refractivity contribution in [2.24, 2.45) is 5.92 Å². The van der Waals surface area contributed by atoms with Gasteiger partial charge >= 0.3 is 0 Å². The number of nitrogens with one attached hydrogen (secondary N) is 1. The van der Waals surface area contributed by atoms with Crippen LogP contribution in [0.25, 0.3) is 11.0 Å². The van der Waals surface area contributed by atoms with Gasteiger partial charge in [-0.2, -0.15) is 0 Å². The van der Waals surface area contributed by atoms with Gasteiger partial charge in [0.25, 0.3) is 0 Å². The quantitative estimate of drug-likeness (QED) is 0.737. The van der Waals surface area contributed by atoms with E-state index in [-0.39, 0.29) is 0 Å². The van der Waals surface area contributed by atoms with Gasteiger partial charge < -0.3 is 9.88 Å². The molecule has 0 radical (unpaired) electrons. The van der Waals surface area contributed by atoms with Crippen molar-refractivity contribution in [3.05, 3.63) is 30.1 Å². The molecule has 1 aromatic carbocycles. The molecule has 3 nitrogen and oxygen atoms in total. The third-order valence-corrected chi connectivity index (χ3v) is 3.65. The minimum absolute atomic E-state index is 0.751. The maximum Gasteiger partial charge on any atom is 0.123 e. The number of imidazole rings is 1. The Hall–Kier alpha value is -1.35. The smallest absolute Gasteiger partial charge is 0.123 e. The van der Waals surface area contributed by atoms with Crippen LogP contribution in [0.3, 0.4) is 0 Å². The van der Waals surface area contributed by atoms with E-state index >= 15 is 0 Å². The van der Waals surface area contributed by atoms with Crippen LogP contribution in [0.4, 0.5) is 0 Å². The van der Waals surface area contributed by atoms with Gasteiger partial charge in [-0.25, -0.2) is 4.98 Å². The highest BCUT2D eigenvalue weighted by atomic mass is 15.1. The number of aryl methyl sites for hydroxylation is 1. The molecule has 1 N–H and O–H groups in total. The van der Waals surface area contributed by atoms with Crippen molar-refractivity contribution in [3.8, 4) is 0 Å². The molecule has 0 spiro atoms. The summed E-state index contributed by atoms with van der Waals surface area (Å²) in [6, 6.07) is 8.45. The molecule has 0 fully saturated rings. The van der Waals surface area contributed by atoms with E-state index in [2.05, 4.69) is 54.9 Å². The summed E-state index contributed by atoms with van der Waals surface area (Å²) in [7, 11) is 0. The normalized spacial score (nSPS) is 11.6. The van der Waals surface area contributed by atoms with Crippen molar-refractivity contribution in [2.75, 3.05) is 6.54 Å². The van der Waals surface area contributed by atoms with Gasteiger partial charge in [-0.3, -0.25) is 0 Å². The molecule has 1 heterocycles. The fraction of sp³-hybridized carbons (Fsp3) is 0.588. The lowest BCUT2D eigenvalue weighted by Gasteiger charge is -2.10. The van der Waals surface area contributed by atoms with Crippen LogP contribution < -0.4 is 5.32 Å². The SMILES string of the molecule is CCCCn1c(CNCCC(C)C)nc2ccccc21. The molecule has 0 aliphatic rings. The van der Waals surface area contributed by atoms with Gasteiger partial charge in [0.1, 0.15) is 5.82 Å². The number of aromatic nitrogens is 2. The second kappa shape index (κ2) is 7.44. The Bertz CT molecular complexity index is 528. The molecular formula is C17H27N3. The van der Waals surface area contributed by atoms with E-state index in [4.69, 9.17) is 4.98 Å². The molecule has 3 heteroatoms.